The zero-order chi connectivity index (χ0) is 28.7. The maximum atomic E-state index is 14.1. The Kier molecular flexibility index (Phi) is 11.2. The largest absolute Gasteiger partial charge is 0.444 e. The minimum atomic E-state index is -1.32. The molecular weight excluding hydrogens is 472 g/mol. The summed E-state index contributed by atoms with van der Waals surface area (Å²) in [7, 11) is 0. The number of primary amides is 1. The van der Waals surface area contributed by atoms with Crippen molar-refractivity contribution in [3.8, 4) is 0 Å². The molecule has 0 bridgehead atoms. The third-order valence-corrected chi connectivity index (χ3v) is 5.79. The van der Waals surface area contributed by atoms with E-state index in [4.69, 9.17) is 10.5 Å². The second-order valence-electron chi connectivity index (χ2n) is 11.7. The zero-order valence-electron chi connectivity index (χ0n) is 24.2. The summed E-state index contributed by atoms with van der Waals surface area (Å²) >= 11 is 0. The molecule has 1 aromatic carbocycles. The minimum Gasteiger partial charge on any atom is -0.444 e. The van der Waals surface area contributed by atoms with Gasteiger partial charge in [0.1, 0.15) is 17.7 Å². The maximum absolute atomic E-state index is 14.1. The van der Waals surface area contributed by atoms with Gasteiger partial charge in [0.25, 0.3) is 0 Å². The average molecular weight is 519 g/mol. The SMILES string of the molecule is CCCC(C)NC(=O)C(c1c(C)cccc1C)N(C(=O)C(CC(N)=O)NC(=O)OC(C)(C)C)C(C)(C)C. The van der Waals surface area contributed by atoms with Gasteiger partial charge in [-0.15, -0.1) is 0 Å². The fraction of sp³-hybridized carbons (Fsp3) is 0.643. The van der Waals surface area contributed by atoms with Crippen LogP contribution in [0.3, 0.4) is 0 Å². The number of carbonyl (C=O) groups excluding carboxylic acids is 4. The Hall–Kier alpha value is -3.10. The molecule has 4 N–H and O–H groups in total. The second kappa shape index (κ2) is 12.9. The average Bonchev–Trinajstić information content (AvgIpc) is 2.69. The van der Waals surface area contributed by atoms with Gasteiger partial charge in [0.05, 0.1) is 6.42 Å². The summed E-state index contributed by atoms with van der Waals surface area (Å²) in [5.41, 5.74) is 6.16. The Balaban J connectivity index is 3.69. The van der Waals surface area contributed by atoms with E-state index in [1.54, 1.807) is 20.8 Å². The number of ether oxygens (including phenoxy) is 1. The number of alkyl carbamates (subject to hydrolysis) is 1. The van der Waals surface area contributed by atoms with E-state index in [1.165, 1.54) is 4.90 Å². The first-order valence-electron chi connectivity index (χ1n) is 12.9. The highest BCUT2D eigenvalue weighted by atomic mass is 16.6. The number of rotatable bonds is 10. The molecule has 0 saturated carbocycles. The van der Waals surface area contributed by atoms with Gasteiger partial charge in [-0.2, -0.15) is 0 Å². The Labute approximate surface area is 221 Å². The van der Waals surface area contributed by atoms with Crippen LogP contribution in [0.1, 0.15) is 97.4 Å². The number of amides is 4. The van der Waals surface area contributed by atoms with Crippen molar-refractivity contribution in [2.45, 2.75) is 118 Å². The lowest BCUT2D eigenvalue weighted by Gasteiger charge is -2.44. The van der Waals surface area contributed by atoms with Gasteiger partial charge < -0.3 is 26.0 Å². The molecule has 9 nitrogen and oxygen atoms in total. The quantitative estimate of drug-likeness (QED) is 0.430. The highest BCUT2D eigenvalue weighted by molar-refractivity contribution is 5.95. The Morgan fingerprint density at radius 1 is 1.00 bits per heavy atom. The van der Waals surface area contributed by atoms with Crippen molar-refractivity contribution in [1.29, 1.82) is 0 Å². The number of nitrogens with one attached hydrogen (secondary N) is 2. The summed E-state index contributed by atoms with van der Waals surface area (Å²) in [6, 6.07) is 3.24. The Morgan fingerprint density at radius 2 is 1.54 bits per heavy atom. The van der Waals surface area contributed by atoms with Crippen molar-refractivity contribution in [1.82, 2.24) is 15.5 Å². The van der Waals surface area contributed by atoms with Gasteiger partial charge in [0.15, 0.2) is 0 Å². The number of aryl methyl sites for hydroxylation is 2. The van der Waals surface area contributed by atoms with E-state index >= 15 is 0 Å². The van der Waals surface area contributed by atoms with Crippen molar-refractivity contribution >= 4 is 23.8 Å². The maximum Gasteiger partial charge on any atom is 0.408 e. The lowest BCUT2D eigenvalue weighted by Crippen LogP contribution is -2.59. The normalized spacial score (nSPS) is 14.2. The first-order chi connectivity index (χ1) is 16.9. The molecule has 0 radical (unpaired) electrons. The molecule has 0 saturated heterocycles. The number of carbonyl (C=O) groups is 4. The van der Waals surface area contributed by atoms with E-state index in [1.807, 2.05) is 66.7 Å². The minimum absolute atomic E-state index is 0.109. The van der Waals surface area contributed by atoms with Crippen LogP contribution >= 0.6 is 0 Å². The number of nitrogens with zero attached hydrogens (tertiary/aromatic N) is 1. The summed E-state index contributed by atoms with van der Waals surface area (Å²) < 4.78 is 5.32. The van der Waals surface area contributed by atoms with Crippen LogP contribution < -0.4 is 16.4 Å². The van der Waals surface area contributed by atoms with E-state index in [2.05, 4.69) is 10.6 Å². The monoisotopic (exact) mass is 518 g/mol. The van der Waals surface area contributed by atoms with E-state index in [-0.39, 0.29) is 11.9 Å². The molecule has 1 rings (SSSR count). The van der Waals surface area contributed by atoms with Crippen LogP contribution in [0.15, 0.2) is 18.2 Å². The van der Waals surface area contributed by atoms with Crippen molar-refractivity contribution in [2.24, 2.45) is 5.73 Å². The van der Waals surface area contributed by atoms with Crippen molar-refractivity contribution in [2.75, 3.05) is 0 Å². The van der Waals surface area contributed by atoms with Gasteiger partial charge in [0, 0.05) is 11.6 Å². The molecule has 3 atom stereocenters. The van der Waals surface area contributed by atoms with Crippen LogP contribution in [-0.4, -0.2) is 51.9 Å². The second-order valence-corrected chi connectivity index (χ2v) is 11.7. The molecular formula is C28H46N4O5. The van der Waals surface area contributed by atoms with Crippen LogP contribution in [0, 0.1) is 13.8 Å². The van der Waals surface area contributed by atoms with Crippen molar-refractivity contribution in [3.05, 3.63) is 34.9 Å². The molecule has 9 heteroatoms. The summed E-state index contributed by atoms with van der Waals surface area (Å²) in [4.78, 5) is 54.0. The molecule has 0 aliphatic heterocycles. The van der Waals surface area contributed by atoms with Gasteiger partial charge in [-0.1, -0.05) is 31.5 Å². The molecule has 0 spiro atoms. The zero-order valence-corrected chi connectivity index (χ0v) is 24.2. The number of hydrogen-bond donors (Lipinski definition) is 3. The van der Waals surface area contributed by atoms with Gasteiger partial charge in [0.2, 0.25) is 17.7 Å². The lowest BCUT2D eigenvalue weighted by molar-refractivity contribution is -0.149. The fourth-order valence-corrected chi connectivity index (χ4v) is 4.33. The van der Waals surface area contributed by atoms with Crippen LogP contribution in [0.2, 0.25) is 0 Å². The van der Waals surface area contributed by atoms with Gasteiger partial charge in [-0.05, 0) is 85.4 Å². The molecule has 1 aromatic rings. The predicted molar refractivity (Wildman–Crippen MR) is 145 cm³/mol. The first-order valence-corrected chi connectivity index (χ1v) is 12.9. The summed E-state index contributed by atoms with van der Waals surface area (Å²) in [6.07, 6.45) is 0.361. The predicted octanol–water partition coefficient (Wildman–Crippen LogP) is 4.05. The van der Waals surface area contributed by atoms with Crippen LogP contribution in [-0.2, 0) is 19.1 Å². The number of benzene rings is 1. The first kappa shape index (κ1) is 31.9. The molecule has 0 heterocycles. The molecule has 208 valence electrons. The molecule has 37 heavy (non-hydrogen) atoms. The molecule has 0 aromatic heterocycles. The molecule has 4 amide bonds. The number of nitrogens with two attached hydrogens (primary N) is 1. The van der Waals surface area contributed by atoms with Crippen molar-refractivity contribution in [3.63, 3.8) is 0 Å². The van der Waals surface area contributed by atoms with Gasteiger partial charge >= 0.3 is 6.09 Å². The standard InChI is InChI=1S/C28H46N4O5/c1-11-13-19(4)30-24(34)23(22-17(2)14-12-15-18(22)3)32(27(5,6)7)25(35)20(16-21(29)33)31-26(36)37-28(8,9)10/h12,14-15,19-20,23H,11,13,16H2,1-10H3,(H2,29,33)(H,30,34)(H,31,36). The highest BCUT2D eigenvalue weighted by Gasteiger charge is 2.43. The Bertz CT molecular complexity index is 958. The fourth-order valence-electron chi connectivity index (χ4n) is 4.33. The van der Waals surface area contributed by atoms with Crippen LogP contribution in [0.25, 0.3) is 0 Å². The molecule has 0 fully saturated rings. The molecule has 0 aliphatic rings. The molecule has 3 unspecified atom stereocenters. The molecule has 0 aliphatic carbocycles. The third kappa shape index (κ3) is 9.70. The van der Waals surface area contributed by atoms with Crippen LogP contribution in [0.5, 0.6) is 0 Å². The number of hydrogen-bond acceptors (Lipinski definition) is 5. The van der Waals surface area contributed by atoms with Crippen molar-refractivity contribution < 1.29 is 23.9 Å². The van der Waals surface area contributed by atoms with E-state index < -0.39 is 47.6 Å². The van der Waals surface area contributed by atoms with Gasteiger partial charge in [-0.25, -0.2) is 4.79 Å². The van der Waals surface area contributed by atoms with E-state index in [0.717, 1.165) is 24.0 Å². The van der Waals surface area contributed by atoms with Gasteiger partial charge in [-0.3, -0.25) is 14.4 Å². The lowest BCUT2D eigenvalue weighted by atomic mass is 9.89. The Morgan fingerprint density at radius 3 is 1.97 bits per heavy atom. The summed E-state index contributed by atoms with van der Waals surface area (Å²) in [6.45, 7) is 18.2. The summed E-state index contributed by atoms with van der Waals surface area (Å²) in [5, 5.41) is 5.56. The highest BCUT2D eigenvalue weighted by Crippen LogP contribution is 2.34. The topological polar surface area (TPSA) is 131 Å². The smallest absolute Gasteiger partial charge is 0.408 e. The summed E-state index contributed by atoms with van der Waals surface area (Å²) in [5.74, 6) is -1.72. The van der Waals surface area contributed by atoms with E-state index in [0.29, 0.717) is 5.56 Å². The van der Waals surface area contributed by atoms with E-state index in [9.17, 15) is 19.2 Å². The van der Waals surface area contributed by atoms with Crippen LogP contribution in [0.4, 0.5) is 4.79 Å². The third-order valence-electron chi connectivity index (χ3n) is 5.79.